The van der Waals surface area contributed by atoms with Crippen molar-refractivity contribution in [3.05, 3.63) is 24.3 Å². The number of carbonyl (C=O) groups excluding carboxylic acids is 1. The monoisotopic (exact) mass is 248 g/mol. The van der Waals surface area contributed by atoms with E-state index >= 15 is 0 Å². The van der Waals surface area contributed by atoms with Crippen LogP contribution in [0.15, 0.2) is 24.3 Å². The predicted octanol–water partition coefficient (Wildman–Crippen LogP) is 2.48. The van der Waals surface area contributed by atoms with Gasteiger partial charge < -0.3 is 15.4 Å². The van der Waals surface area contributed by atoms with Gasteiger partial charge in [0, 0.05) is 36.9 Å². The highest BCUT2D eigenvalue weighted by Gasteiger charge is 2.14. The fourth-order valence-corrected chi connectivity index (χ4v) is 1.96. The van der Waals surface area contributed by atoms with Crippen molar-refractivity contribution in [3.63, 3.8) is 0 Å². The van der Waals surface area contributed by atoms with E-state index in [-0.39, 0.29) is 5.91 Å². The van der Waals surface area contributed by atoms with Gasteiger partial charge in [-0.2, -0.15) is 0 Å². The van der Waals surface area contributed by atoms with E-state index in [1.807, 2.05) is 31.2 Å². The lowest BCUT2D eigenvalue weighted by molar-refractivity contribution is -0.115. The van der Waals surface area contributed by atoms with Gasteiger partial charge in [-0.25, -0.2) is 0 Å². The molecule has 0 bridgehead atoms. The van der Waals surface area contributed by atoms with Gasteiger partial charge in [-0.15, -0.1) is 0 Å². The van der Waals surface area contributed by atoms with Gasteiger partial charge in [0.15, 0.2) is 0 Å². The molecule has 2 N–H and O–H groups in total. The van der Waals surface area contributed by atoms with Crippen LogP contribution in [0.5, 0.6) is 0 Å². The predicted molar refractivity (Wildman–Crippen MR) is 72.8 cm³/mol. The minimum Gasteiger partial charge on any atom is -0.385 e. The summed E-state index contributed by atoms with van der Waals surface area (Å²) in [5.41, 5.74) is 1.88. The van der Waals surface area contributed by atoms with Crippen molar-refractivity contribution < 1.29 is 9.53 Å². The summed E-state index contributed by atoms with van der Waals surface area (Å²) in [4.78, 5) is 11.3. The fraction of sp³-hybridized carbons (Fsp3) is 0.500. The quantitative estimate of drug-likeness (QED) is 0.841. The molecule has 1 aliphatic heterocycles. The first-order valence-electron chi connectivity index (χ1n) is 6.49. The zero-order valence-corrected chi connectivity index (χ0v) is 10.7. The zero-order chi connectivity index (χ0) is 12.8. The topological polar surface area (TPSA) is 50.4 Å². The summed E-state index contributed by atoms with van der Waals surface area (Å²) in [6.07, 6.45) is 1.62. The molecule has 0 aliphatic carbocycles. The molecular formula is C14H20N2O2. The SMILES string of the molecule is CCC(=O)Nc1cccc(NCC2CCOC2)c1. The van der Waals surface area contributed by atoms with Crippen LogP contribution >= 0.6 is 0 Å². The molecule has 1 amide bonds. The molecule has 1 heterocycles. The number of anilines is 2. The van der Waals surface area contributed by atoms with Crippen molar-refractivity contribution >= 4 is 17.3 Å². The molecule has 1 aliphatic rings. The summed E-state index contributed by atoms with van der Waals surface area (Å²) in [5, 5.41) is 6.24. The maximum absolute atomic E-state index is 11.3. The molecule has 1 atom stereocenters. The highest BCUT2D eigenvalue weighted by Crippen LogP contribution is 2.18. The number of hydrogen-bond acceptors (Lipinski definition) is 3. The number of hydrogen-bond donors (Lipinski definition) is 2. The summed E-state index contributed by atoms with van der Waals surface area (Å²) < 4.78 is 5.34. The van der Waals surface area contributed by atoms with E-state index in [1.54, 1.807) is 0 Å². The molecule has 1 aromatic carbocycles. The van der Waals surface area contributed by atoms with Crippen molar-refractivity contribution in [1.82, 2.24) is 0 Å². The highest BCUT2D eigenvalue weighted by molar-refractivity contribution is 5.90. The minimum atomic E-state index is 0.0383. The van der Waals surface area contributed by atoms with Gasteiger partial charge in [0.05, 0.1) is 6.61 Å². The second-order valence-electron chi connectivity index (χ2n) is 4.59. The standard InChI is InChI=1S/C14H20N2O2/c1-2-14(17)16-13-5-3-4-12(8-13)15-9-11-6-7-18-10-11/h3-5,8,11,15H,2,6-7,9-10H2,1H3,(H,16,17). The molecule has 0 aromatic heterocycles. The third kappa shape index (κ3) is 3.74. The molecule has 0 radical (unpaired) electrons. The third-order valence-corrected chi connectivity index (χ3v) is 3.09. The molecule has 0 spiro atoms. The molecule has 1 saturated heterocycles. The Hall–Kier alpha value is -1.55. The second kappa shape index (κ2) is 6.40. The lowest BCUT2D eigenvalue weighted by Gasteiger charge is -2.12. The van der Waals surface area contributed by atoms with Crippen molar-refractivity contribution in [2.45, 2.75) is 19.8 Å². The smallest absolute Gasteiger partial charge is 0.224 e. The maximum atomic E-state index is 11.3. The molecule has 4 heteroatoms. The van der Waals surface area contributed by atoms with Crippen LogP contribution in [0.1, 0.15) is 19.8 Å². The van der Waals surface area contributed by atoms with E-state index in [1.165, 1.54) is 0 Å². The molecule has 1 fully saturated rings. The Kier molecular flexibility index (Phi) is 4.59. The number of amides is 1. The van der Waals surface area contributed by atoms with Gasteiger partial charge >= 0.3 is 0 Å². The van der Waals surface area contributed by atoms with Crippen LogP contribution in [0.4, 0.5) is 11.4 Å². The second-order valence-corrected chi connectivity index (χ2v) is 4.59. The molecule has 1 aromatic rings. The zero-order valence-electron chi connectivity index (χ0n) is 10.7. The maximum Gasteiger partial charge on any atom is 0.224 e. The summed E-state index contributed by atoms with van der Waals surface area (Å²) in [7, 11) is 0. The van der Waals surface area contributed by atoms with Crippen LogP contribution in [0.2, 0.25) is 0 Å². The molecular weight excluding hydrogens is 228 g/mol. The Morgan fingerprint density at radius 2 is 2.28 bits per heavy atom. The van der Waals surface area contributed by atoms with Gasteiger partial charge in [-0.05, 0) is 24.6 Å². The summed E-state index contributed by atoms with van der Waals surface area (Å²) in [6, 6.07) is 7.82. The first kappa shape index (κ1) is 12.9. The van der Waals surface area contributed by atoms with E-state index in [0.717, 1.165) is 37.6 Å². The number of benzene rings is 1. The number of rotatable bonds is 5. The molecule has 1 unspecified atom stereocenters. The van der Waals surface area contributed by atoms with Crippen molar-refractivity contribution in [3.8, 4) is 0 Å². The number of carbonyl (C=O) groups is 1. The molecule has 4 nitrogen and oxygen atoms in total. The van der Waals surface area contributed by atoms with Gasteiger partial charge in [-0.1, -0.05) is 13.0 Å². The van der Waals surface area contributed by atoms with Crippen LogP contribution < -0.4 is 10.6 Å². The Labute approximate surface area is 108 Å². The van der Waals surface area contributed by atoms with Crippen LogP contribution in [0, 0.1) is 5.92 Å². The average molecular weight is 248 g/mol. The number of nitrogens with one attached hydrogen (secondary N) is 2. The van der Waals surface area contributed by atoms with Crippen LogP contribution in [0.3, 0.4) is 0 Å². The van der Waals surface area contributed by atoms with E-state index in [0.29, 0.717) is 12.3 Å². The van der Waals surface area contributed by atoms with Crippen molar-refractivity contribution in [2.75, 3.05) is 30.4 Å². The van der Waals surface area contributed by atoms with E-state index < -0.39 is 0 Å². The van der Waals surface area contributed by atoms with Gasteiger partial charge in [0.1, 0.15) is 0 Å². The largest absolute Gasteiger partial charge is 0.385 e. The van der Waals surface area contributed by atoms with Gasteiger partial charge in [0.2, 0.25) is 5.91 Å². The molecule has 0 saturated carbocycles. The van der Waals surface area contributed by atoms with Gasteiger partial charge in [0.25, 0.3) is 0 Å². The minimum absolute atomic E-state index is 0.0383. The Balaban J connectivity index is 1.87. The first-order valence-corrected chi connectivity index (χ1v) is 6.49. The fourth-order valence-electron chi connectivity index (χ4n) is 1.96. The lowest BCUT2D eigenvalue weighted by atomic mass is 10.1. The van der Waals surface area contributed by atoms with Crippen molar-refractivity contribution in [1.29, 1.82) is 0 Å². The normalized spacial score (nSPS) is 18.6. The van der Waals surface area contributed by atoms with E-state index in [4.69, 9.17) is 4.74 Å². The first-order chi connectivity index (χ1) is 8.78. The summed E-state index contributed by atoms with van der Waals surface area (Å²) in [6.45, 7) is 4.49. The van der Waals surface area contributed by atoms with E-state index in [9.17, 15) is 4.79 Å². The summed E-state index contributed by atoms with van der Waals surface area (Å²) in [5.74, 6) is 0.634. The molecule has 2 rings (SSSR count). The Bertz CT molecular complexity index is 401. The van der Waals surface area contributed by atoms with Crippen molar-refractivity contribution in [2.24, 2.45) is 5.92 Å². The average Bonchev–Trinajstić information content (AvgIpc) is 2.90. The Morgan fingerprint density at radius 3 is 3.00 bits per heavy atom. The van der Waals surface area contributed by atoms with Crippen LogP contribution in [-0.2, 0) is 9.53 Å². The van der Waals surface area contributed by atoms with Crippen LogP contribution in [-0.4, -0.2) is 25.7 Å². The Morgan fingerprint density at radius 1 is 1.44 bits per heavy atom. The number of ether oxygens (including phenoxy) is 1. The molecule has 98 valence electrons. The van der Waals surface area contributed by atoms with Gasteiger partial charge in [-0.3, -0.25) is 4.79 Å². The van der Waals surface area contributed by atoms with E-state index in [2.05, 4.69) is 10.6 Å². The van der Waals surface area contributed by atoms with Crippen LogP contribution in [0.25, 0.3) is 0 Å². The highest BCUT2D eigenvalue weighted by atomic mass is 16.5. The summed E-state index contributed by atoms with van der Waals surface area (Å²) >= 11 is 0. The lowest BCUT2D eigenvalue weighted by Crippen LogP contribution is -2.14. The molecule has 18 heavy (non-hydrogen) atoms. The third-order valence-electron chi connectivity index (χ3n) is 3.09.